The summed E-state index contributed by atoms with van der Waals surface area (Å²) < 4.78 is 5.06. The molecule has 0 radical (unpaired) electrons. The molecule has 6 nitrogen and oxygen atoms in total. The summed E-state index contributed by atoms with van der Waals surface area (Å²) in [5, 5.41) is 11.3. The molecule has 0 saturated heterocycles. The van der Waals surface area contributed by atoms with Gasteiger partial charge in [0.05, 0.1) is 0 Å². The van der Waals surface area contributed by atoms with Crippen LogP contribution in [0.2, 0.25) is 0 Å². The zero-order valence-electron chi connectivity index (χ0n) is 11.7. The first kappa shape index (κ1) is 15.6. The standard InChI is InChI=1S/C14H18N2O4/c1-14(2,3)20-13(19)15-7-5-4-6-10-8-11(12(17)18)16-9-10/h8-9,16H,5,7H2,1-3H3,(H,15,19)(H,17,18). The van der Waals surface area contributed by atoms with Crippen LogP contribution >= 0.6 is 0 Å². The Morgan fingerprint density at radius 2 is 2.15 bits per heavy atom. The third-order valence-corrected chi connectivity index (χ3v) is 2.06. The molecule has 6 heteroatoms. The van der Waals surface area contributed by atoms with Crippen molar-refractivity contribution in [2.45, 2.75) is 32.8 Å². The van der Waals surface area contributed by atoms with Crippen molar-refractivity contribution in [3.05, 3.63) is 23.5 Å². The number of ether oxygens (including phenoxy) is 1. The molecule has 1 amide bonds. The number of aromatic carboxylic acids is 1. The Bertz CT molecular complexity index is 544. The fourth-order valence-corrected chi connectivity index (χ4v) is 1.30. The van der Waals surface area contributed by atoms with Crippen LogP contribution in [0.4, 0.5) is 4.79 Å². The van der Waals surface area contributed by atoms with Crippen LogP contribution in [0.25, 0.3) is 0 Å². The molecule has 0 aliphatic rings. The van der Waals surface area contributed by atoms with Crippen LogP contribution in [0.3, 0.4) is 0 Å². The van der Waals surface area contributed by atoms with Gasteiger partial charge < -0.3 is 20.1 Å². The predicted octanol–water partition coefficient (Wildman–Crippen LogP) is 1.98. The Balaban J connectivity index is 2.33. The number of nitrogens with one attached hydrogen (secondary N) is 2. The zero-order valence-corrected chi connectivity index (χ0v) is 11.7. The van der Waals surface area contributed by atoms with E-state index in [-0.39, 0.29) is 5.69 Å². The predicted molar refractivity (Wildman–Crippen MR) is 73.5 cm³/mol. The number of carboxylic acids is 1. The fourth-order valence-electron chi connectivity index (χ4n) is 1.30. The van der Waals surface area contributed by atoms with Crippen LogP contribution < -0.4 is 5.32 Å². The monoisotopic (exact) mass is 278 g/mol. The summed E-state index contributed by atoms with van der Waals surface area (Å²) in [6.45, 7) is 5.74. The molecule has 0 aliphatic carbocycles. The molecule has 20 heavy (non-hydrogen) atoms. The van der Waals surface area contributed by atoms with E-state index in [0.29, 0.717) is 18.5 Å². The number of aromatic nitrogens is 1. The van der Waals surface area contributed by atoms with Crippen LogP contribution in [0.5, 0.6) is 0 Å². The smallest absolute Gasteiger partial charge is 0.407 e. The zero-order chi connectivity index (χ0) is 15.2. The maximum Gasteiger partial charge on any atom is 0.407 e. The van der Waals surface area contributed by atoms with E-state index in [1.165, 1.54) is 12.3 Å². The number of aromatic amines is 1. The van der Waals surface area contributed by atoms with E-state index in [0.717, 1.165) is 0 Å². The van der Waals surface area contributed by atoms with Crippen LogP contribution in [0, 0.1) is 11.8 Å². The normalized spacial score (nSPS) is 10.3. The SMILES string of the molecule is CC(C)(C)OC(=O)NCCC#Cc1c[nH]c(C(=O)O)c1. The van der Waals surface area contributed by atoms with Crippen molar-refractivity contribution < 1.29 is 19.4 Å². The Kier molecular flexibility index (Phi) is 5.21. The van der Waals surface area contributed by atoms with Crippen molar-refractivity contribution in [1.29, 1.82) is 0 Å². The van der Waals surface area contributed by atoms with E-state index in [4.69, 9.17) is 9.84 Å². The minimum atomic E-state index is -1.02. The lowest BCUT2D eigenvalue weighted by Crippen LogP contribution is -2.32. The van der Waals surface area contributed by atoms with Crippen molar-refractivity contribution in [3.8, 4) is 11.8 Å². The van der Waals surface area contributed by atoms with Crippen molar-refractivity contribution in [1.82, 2.24) is 10.3 Å². The molecule has 1 aromatic heterocycles. The third-order valence-electron chi connectivity index (χ3n) is 2.06. The number of rotatable bonds is 3. The molecule has 0 fully saturated rings. The summed E-state index contributed by atoms with van der Waals surface area (Å²) in [4.78, 5) is 24.6. The molecular formula is C14H18N2O4. The molecule has 0 unspecified atom stereocenters. The lowest BCUT2D eigenvalue weighted by Gasteiger charge is -2.19. The number of amides is 1. The maximum atomic E-state index is 11.3. The number of carboxylic acid groups (broad SMARTS) is 1. The molecule has 1 aromatic rings. The first-order chi connectivity index (χ1) is 9.28. The van der Waals surface area contributed by atoms with Gasteiger partial charge in [0.1, 0.15) is 11.3 Å². The second-order valence-corrected chi connectivity index (χ2v) is 5.09. The van der Waals surface area contributed by atoms with Gasteiger partial charge in [-0.1, -0.05) is 11.8 Å². The van der Waals surface area contributed by atoms with E-state index >= 15 is 0 Å². The largest absolute Gasteiger partial charge is 0.477 e. The molecule has 0 bridgehead atoms. The molecule has 0 spiro atoms. The van der Waals surface area contributed by atoms with Crippen molar-refractivity contribution in [2.75, 3.05) is 6.54 Å². The van der Waals surface area contributed by atoms with Crippen LogP contribution in [-0.2, 0) is 4.74 Å². The van der Waals surface area contributed by atoms with Gasteiger partial charge in [0.2, 0.25) is 0 Å². The lowest BCUT2D eigenvalue weighted by atomic mass is 10.2. The average Bonchev–Trinajstić information content (AvgIpc) is 2.75. The second kappa shape index (κ2) is 6.66. The summed E-state index contributed by atoms with van der Waals surface area (Å²) in [6, 6.07) is 1.45. The number of H-pyrrole nitrogens is 1. The van der Waals surface area contributed by atoms with E-state index in [9.17, 15) is 9.59 Å². The van der Waals surface area contributed by atoms with Crippen molar-refractivity contribution in [3.63, 3.8) is 0 Å². The highest BCUT2D eigenvalue weighted by Crippen LogP contribution is 2.06. The molecule has 0 aliphatic heterocycles. The van der Waals surface area contributed by atoms with Gasteiger partial charge in [0.15, 0.2) is 0 Å². The number of carbonyl (C=O) groups excluding carboxylic acids is 1. The van der Waals surface area contributed by atoms with E-state index < -0.39 is 17.7 Å². The Labute approximate surface area is 117 Å². The van der Waals surface area contributed by atoms with Gasteiger partial charge >= 0.3 is 12.1 Å². The Morgan fingerprint density at radius 1 is 1.45 bits per heavy atom. The van der Waals surface area contributed by atoms with Gasteiger partial charge in [-0.05, 0) is 26.8 Å². The summed E-state index contributed by atoms with van der Waals surface area (Å²) in [5.41, 5.74) is 0.176. The molecular weight excluding hydrogens is 260 g/mol. The maximum absolute atomic E-state index is 11.3. The van der Waals surface area contributed by atoms with Crippen LogP contribution in [0.1, 0.15) is 43.2 Å². The summed E-state index contributed by atoms with van der Waals surface area (Å²) in [5.74, 6) is 4.62. The summed E-state index contributed by atoms with van der Waals surface area (Å²) in [6.07, 6.45) is 1.50. The molecule has 0 saturated carbocycles. The Hall–Kier alpha value is -2.42. The number of hydrogen-bond acceptors (Lipinski definition) is 3. The van der Waals surface area contributed by atoms with E-state index in [2.05, 4.69) is 22.1 Å². The van der Waals surface area contributed by atoms with Gasteiger partial charge in [0.25, 0.3) is 0 Å². The number of alkyl carbamates (subject to hydrolysis) is 1. The molecule has 1 rings (SSSR count). The minimum Gasteiger partial charge on any atom is -0.477 e. The Morgan fingerprint density at radius 3 is 2.70 bits per heavy atom. The van der Waals surface area contributed by atoms with Crippen molar-refractivity contribution in [2.24, 2.45) is 0 Å². The average molecular weight is 278 g/mol. The molecule has 1 heterocycles. The number of carbonyl (C=O) groups is 2. The highest BCUT2D eigenvalue weighted by molar-refractivity contribution is 5.86. The van der Waals surface area contributed by atoms with Gasteiger partial charge in [-0.15, -0.1) is 0 Å². The quantitative estimate of drug-likeness (QED) is 0.582. The van der Waals surface area contributed by atoms with Crippen LogP contribution in [-0.4, -0.2) is 34.3 Å². The molecule has 108 valence electrons. The topological polar surface area (TPSA) is 91.4 Å². The number of hydrogen-bond donors (Lipinski definition) is 3. The van der Waals surface area contributed by atoms with Crippen molar-refractivity contribution >= 4 is 12.1 Å². The van der Waals surface area contributed by atoms with E-state index in [1.54, 1.807) is 20.8 Å². The first-order valence-corrected chi connectivity index (χ1v) is 6.15. The minimum absolute atomic E-state index is 0.0983. The van der Waals surface area contributed by atoms with Gasteiger partial charge in [-0.25, -0.2) is 9.59 Å². The van der Waals surface area contributed by atoms with Gasteiger partial charge in [0, 0.05) is 24.7 Å². The van der Waals surface area contributed by atoms with Gasteiger partial charge in [-0.2, -0.15) is 0 Å². The second-order valence-electron chi connectivity index (χ2n) is 5.09. The molecule has 3 N–H and O–H groups in total. The summed E-state index contributed by atoms with van der Waals surface area (Å²) >= 11 is 0. The summed E-state index contributed by atoms with van der Waals surface area (Å²) in [7, 11) is 0. The van der Waals surface area contributed by atoms with Crippen LogP contribution in [0.15, 0.2) is 12.3 Å². The highest BCUT2D eigenvalue weighted by Gasteiger charge is 2.15. The molecule has 0 aromatic carbocycles. The molecule has 0 atom stereocenters. The van der Waals surface area contributed by atoms with Gasteiger partial charge in [-0.3, -0.25) is 0 Å². The van der Waals surface area contributed by atoms with E-state index in [1.807, 2.05) is 0 Å². The third kappa shape index (κ3) is 5.96. The lowest BCUT2D eigenvalue weighted by molar-refractivity contribution is 0.0528. The fraction of sp³-hybridized carbons (Fsp3) is 0.429. The highest BCUT2D eigenvalue weighted by atomic mass is 16.6. The first-order valence-electron chi connectivity index (χ1n) is 6.15.